The Bertz CT molecular complexity index is 1510. The lowest BCUT2D eigenvalue weighted by atomic mass is 10.0. The summed E-state index contributed by atoms with van der Waals surface area (Å²) in [4.78, 5) is 18.0. The van der Waals surface area contributed by atoms with Gasteiger partial charge in [-0.05, 0) is 36.8 Å². The Morgan fingerprint density at radius 2 is 1.94 bits per heavy atom. The number of pyridine rings is 1. The number of aryl methyl sites for hydroxylation is 1. The molecule has 0 spiro atoms. The number of aromatic nitrogens is 5. The third kappa shape index (κ3) is 4.40. The van der Waals surface area contributed by atoms with E-state index < -0.39 is 0 Å². The maximum absolute atomic E-state index is 13.5. The number of hydrogen-bond donors (Lipinski definition) is 1. The van der Waals surface area contributed by atoms with E-state index in [1.165, 1.54) is 12.1 Å². The van der Waals surface area contributed by atoms with E-state index in [9.17, 15) is 9.18 Å². The Hall–Kier alpha value is -4.04. The Balaban J connectivity index is 1.46. The minimum Gasteiger partial charge on any atom is -0.304 e. The molecule has 0 fully saturated rings. The summed E-state index contributed by atoms with van der Waals surface area (Å²) < 4.78 is 16.9. The van der Waals surface area contributed by atoms with Gasteiger partial charge in [-0.15, -0.1) is 0 Å². The number of benzene rings is 2. The molecule has 34 heavy (non-hydrogen) atoms. The number of halogens is 2. The lowest BCUT2D eigenvalue weighted by Crippen LogP contribution is -2.14. The number of carbonyl (C=O) groups excluding carboxylic acids is 1. The van der Waals surface area contributed by atoms with Gasteiger partial charge in [-0.3, -0.25) is 14.2 Å². The maximum Gasteiger partial charge on any atom is 0.257 e. The van der Waals surface area contributed by atoms with E-state index in [1.54, 1.807) is 40.0 Å². The normalized spacial score (nSPS) is 11.1. The van der Waals surface area contributed by atoms with Gasteiger partial charge in [0.15, 0.2) is 5.82 Å². The van der Waals surface area contributed by atoms with Crippen molar-refractivity contribution >= 4 is 34.2 Å². The smallest absolute Gasteiger partial charge is 0.257 e. The van der Waals surface area contributed by atoms with Crippen molar-refractivity contribution in [1.82, 2.24) is 24.5 Å². The van der Waals surface area contributed by atoms with Gasteiger partial charge < -0.3 is 5.32 Å². The van der Waals surface area contributed by atoms with Gasteiger partial charge in [0.1, 0.15) is 10.8 Å². The molecule has 0 aliphatic heterocycles. The fourth-order valence-corrected chi connectivity index (χ4v) is 3.94. The molecule has 170 valence electrons. The van der Waals surface area contributed by atoms with Crippen LogP contribution in [-0.4, -0.2) is 30.5 Å². The first-order valence-corrected chi connectivity index (χ1v) is 11.1. The zero-order valence-corrected chi connectivity index (χ0v) is 19.0. The summed E-state index contributed by atoms with van der Waals surface area (Å²) in [7, 11) is 0. The molecule has 9 heteroatoms. The van der Waals surface area contributed by atoms with Crippen molar-refractivity contribution in [2.75, 3.05) is 5.32 Å². The van der Waals surface area contributed by atoms with Crippen molar-refractivity contribution < 1.29 is 9.18 Å². The number of para-hydroxylation sites is 1. The van der Waals surface area contributed by atoms with Crippen LogP contribution in [0.5, 0.6) is 0 Å². The van der Waals surface area contributed by atoms with Crippen LogP contribution in [-0.2, 0) is 13.1 Å². The molecule has 1 N–H and O–H groups in total. The Morgan fingerprint density at radius 1 is 1.09 bits per heavy atom. The Labute approximate surface area is 199 Å². The molecule has 0 saturated heterocycles. The highest BCUT2D eigenvalue weighted by Gasteiger charge is 2.18. The van der Waals surface area contributed by atoms with E-state index >= 15 is 0 Å². The van der Waals surface area contributed by atoms with Crippen LogP contribution in [0.3, 0.4) is 0 Å². The standard InChI is InChI=1S/C25H20ClFN6O/c1-2-32-14-17(12-28-32)23-11-20(19-8-3-4-9-22(19)29-23)25(34)30-24-21(26)15-33(31-24)13-16-6-5-7-18(27)10-16/h3-12,14-15H,2,13H2,1H3,(H,30,31,34). The average molecular weight is 475 g/mol. The van der Waals surface area contributed by atoms with Gasteiger partial charge >= 0.3 is 0 Å². The summed E-state index contributed by atoms with van der Waals surface area (Å²) in [5.41, 5.74) is 3.33. The molecular formula is C25H20ClFN6O. The molecule has 0 saturated carbocycles. The fraction of sp³-hybridized carbons (Fsp3) is 0.120. The molecule has 0 bridgehead atoms. The molecule has 5 aromatic rings. The number of rotatable bonds is 6. The molecule has 0 unspecified atom stereocenters. The van der Waals surface area contributed by atoms with Crippen LogP contribution >= 0.6 is 11.6 Å². The lowest BCUT2D eigenvalue weighted by molar-refractivity contribution is 0.102. The molecule has 5 rings (SSSR count). The summed E-state index contributed by atoms with van der Waals surface area (Å²) in [6.45, 7) is 3.05. The molecule has 0 aliphatic rings. The molecule has 1 amide bonds. The van der Waals surface area contributed by atoms with Crippen LogP contribution in [0.1, 0.15) is 22.8 Å². The molecular weight excluding hydrogens is 455 g/mol. The van der Waals surface area contributed by atoms with E-state index in [-0.39, 0.29) is 22.6 Å². The summed E-state index contributed by atoms with van der Waals surface area (Å²) in [6.07, 6.45) is 5.22. The second kappa shape index (κ2) is 9.07. The predicted octanol–water partition coefficient (Wildman–Crippen LogP) is 5.41. The van der Waals surface area contributed by atoms with E-state index in [0.717, 1.165) is 17.7 Å². The van der Waals surface area contributed by atoms with Crippen molar-refractivity contribution in [2.45, 2.75) is 20.0 Å². The number of nitrogens with zero attached hydrogens (tertiary/aromatic N) is 5. The number of fused-ring (bicyclic) bond motifs is 1. The molecule has 0 radical (unpaired) electrons. The fourth-order valence-electron chi connectivity index (χ4n) is 3.74. The topological polar surface area (TPSA) is 77.6 Å². The van der Waals surface area contributed by atoms with Crippen LogP contribution < -0.4 is 5.32 Å². The number of anilines is 1. The third-order valence-corrected chi connectivity index (χ3v) is 5.67. The van der Waals surface area contributed by atoms with Crippen LogP contribution in [0.4, 0.5) is 10.2 Å². The summed E-state index contributed by atoms with van der Waals surface area (Å²) >= 11 is 6.34. The number of amides is 1. The van der Waals surface area contributed by atoms with E-state index in [1.807, 2.05) is 37.4 Å². The zero-order chi connectivity index (χ0) is 23.7. The molecule has 3 heterocycles. The van der Waals surface area contributed by atoms with Crippen LogP contribution in [0, 0.1) is 5.82 Å². The minimum atomic E-state index is -0.361. The zero-order valence-electron chi connectivity index (χ0n) is 18.2. The van der Waals surface area contributed by atoms with Gasteiger partial charge in [0.05, 0.1) is 29.5 Å². The minimum absolute atomic E-state index is 0.226. The highest BCUT2D eigenvalue weighted by Crippen LogP contribution is 2.27. The van der Waals surface area contributed by atoms with Gasteiger partial charge in [-0.2, -0.15) is 10.2 Å². The van der Waals surface area contributed by atoms with Crippen LogP contribution in [0.2, 0.25) is 5.02 Å². The first kappa shape index (κ1) is 21.8. The molecule has 3 aromatic heterocycles. The van der Waals surface area contributed by atoms with Crippen molar-refractivity contribution in [3.8, 4) is 11.3 Å². The Morgan fingerprint density at radius 3 is 2.74 bits per heavy atom. The third-order valence-electron chi connectivity index (χ3n) is 5.40. The highest BCUT2D eigenvalue weighted by atomic mass is 35.5. The molecule has 0 aliphatic carbocycles. The van der Waals surface area contributed by atoms with E-state index in [0.29, 0.717) is 28.7 Å². The summed E-state index contributed by atoms with van der Waals surface area (Å²) in [6, 6.07) is 15.4. The van der Waals surface area contributed by atoms with Gasteiger partial charge in [0.2, 0.25) is 0 Å². The van der Waals surface area contributed by atoms with Gasteiger partial charge in [0.25, 0.3) is 5.91 Å². The van der Waals surface area contributed by atoms with Crippen molar-refractivity contribution in [2.24, 2.45) is 0 Å². The highest BCUT2D eigenvalue weighted by molar-refractivity contribution is 6.33. The molecule has 0 atom stereocenters. The van der Waals surface area contributed by atoms with Crippen molar-refractivity contribution in [1.29, 1.82) is 0 Å². The Kier molecular flexibility index (Phi) is 5.81. The van der Waals surface area contributed by atoms with Gasteiger partial charge in [-0.25, -0.2) is 9.37 Å². The quantitative estimate of drug-likeness (QED) is 0.357. The SMILES string of the molecule is CCn1cc(-c2cc(C(=O)Nc3nn(Cc4cccc(F)c4)cc3Cl)c3ccccc3n2)cn1. The largest absolute Gasteiger partial charge is 0.304 e. The monoisotopic (exact) mass is 474 g/mol. The molecule has 7 nitrogen and oxygen atoms in total. The maximum atomic E-state index is 13.5. The first-order chi connectivity index (χ1) is 16.5. The number of carbonyl (C=O) groups is 1. The summed E-state index contributed by atoms with van der Waals surface area (Å²) in [5, 5.41) is 12.5. The number of nitrogens with one attached hydrogen (secondary N) is 1. The van der Waals surface area contributed by atoms with Crippen molar-refractivity contribution in [3.63, 3.8) is 0 Å². The van der Waals surface area contributed by atoms with Gasteiger partial charge in [-0.1, -0.05) is 41.9 Å². The van der Waals surface area contributed by atoms with Gasteiger partial charge in [0, 0.05) is 29.9 Å². The lowest BCUT2D eigenvalue weighted by Gasteiger charge is -2.09. The van der Waals surface area contributed by atoms with Crippen LogP contribution in [0.15, 0.2) is 73.2 Å². The number of hydrogen-bond acceptors (Lipinski definition) is 4. The molecule has 2 aromatic carbocycles. The van der Waals surface area contributed by atoms with E-state index in [4.69, 9.17) is 16.6 Å². The van der Waals surface area contributed by atoms with E-state index in [2.05, 4.69) is 15.5 Å². The second-order valence-corrected chi connectivity index (χ2v) is 8.17. The first-order valence-electron chi connectivity index (χ1n) is 10.7. The second-order valence-electron chi connectivity index (χ2n) is 7.76. The van der Waals surface area contributed by atoms with Crippen LogP contribution in [0.25, 0.3) is 22.2 Å². The predicted molar refractivity (Wildman–Crippen MR) is 129 cm³/mol. The average Bonchev–Trinajstić information content (AvgIpc) is 3.45. The van der Waals surface area contributed by atoms with Crippen molar-refractivity contribution in [3.05, 3.63) is 95.2 Å². The summed E-state index contributed by atoms with van der Waals surface area (Å²) in [5.74, 6) is -0.459.